The third-order valence-corrected chi connectivity index (χ3v) is 8.20. The molecule has 0 unspecified atom stereocenters. The van der Waals surface area contributed by atoms with Gasteiger partial charge >= 0.3 is 0 Å². The summed E-state index contributed by atoms with van der Waals surface area (Å²) in [4.78, 5) is 23.6. The van der Waals surface area contributed by atoms with E-state index >= 15 is 0 Å². The first kappa shape index (κ1) is 32.4. The van der Waals surface area contributed by atoms with Crippen molar-refractivity contribution in [3.8, 4) is 23.0 Å². The standard InChI is InChI=1S/C38H42N2O6/c1-5-45-37-27-9-7-10-28(37)18-32-14-26(22-40-24(4)42)16-34(36(32)44)20-30-12-8-11-29(38(30)46-6-2)19-33-15-25(21-39-23(3)41)13-31(17-27)35(33)43/h7-16,43-44H,5-6,17-22H2,1-4H3,(H,39,41)(H,40,42). The van der Waals surface area contributed by atoms with Gasteiger partial charge in [-0.2, -0.15) is 0 Å². The molecule has 2 amide bonds. The van der Waals surface area contributed by atoms with Crippen LogP contribution in [-0.2, 0) is 48.4 Å². The van der Waals surface area contributed by atoms with Gasteiger partial charge in [-0.3, -0.25) is 9.59 Å². The van der Waals surface area contributed by atoms with Gasteiger partial charge in [0.15, 0.2) is 0 Å². The monoisotopic (exact) mass is 622 g/mol. The fourth-order valence-electron chi connectivity index (χ4n) is 6.17. The van der Waals surface area contributed by atoms with E-state index in [-0.39, 0.29) is 23.3 Å². The van der Waals surface area contributed by atoms with Crippen molar-refractivity contribution in [2.24, 2.45) is 0 Å². The van der Waals surface area contributed by atoms with Crippen molar-refractivity contribution in [1.82, 2.24) is 10.6 Å². The molecule has 0 radical (unpaired) electrons. The maximum Gasteiger partial charge on any atom is 0.217 e. The SMILES string of the molecule is CCOc1c2cccc1Cc1cc(CNC(C)=O)cc(c1O)Cc1cccc(c1OCC)Cc1cc(CNC(C)=O)cc(c1O)C2. The third kappa shape index (κ3) is 7.45. The minimum atomic E-state index is -0.130. The highest BCUT2D eigenvalue weighted by molar-refractivity contribution is 5.73. The molecule has 8 heteroatoms. The van der Waals surface area contributed by atoms with E-state index < -0.39 is 0 Å². The Balaban J connectivity index is 1.75. The average Bonchev–Trinajstić information content (AvgIpc) is 3.01. The quantitative estimate of drug-likeness (QED) is 0.173. The second kappa shape index (κ2) is 14.4. The Morgan fingerprint density at radius 2 is 0.891 bits per heavy atom. The number of fused-ring (bicyclic) bond motifs is 8. The van der Waals surface area contributed by atoms with Crippen LogP contribution < -0.4 is 20.1 Å². The fourth-order valence-corrected chi connectivity index (χ4v) is 6.17. The van der Waals surface area contributed by atoms with Crippen molar-refractivity contribution in [3.63, 3.8) is 0 Å². The summed E-state index contributed by atoms with van der Waals surface area (Å²) in [7, 11) is 0. The predicted molar refractivity (Wildman–Crippen MR) is 178 cm³/mol. The maximum absolute atomic E-state index is 11.8. The van der Waals surface area contributed by atoms with Crippen LogP contribution in [0, 0.1) is 0 Å². The van der Waals surface area contributed by atoms with E-state index in [2.05, 4.69) is 10.6 Å². The Bertz CT molecular complexity index is 1540. The first-order chi connectivity index (χ1) is 22.2. The molecule has 0 saturated carbocycles. The van der Waals surface area contributed by atoms with Gasteiger partial charge in [-0.1, -0.05) is 36.4 Å². The van der Waals surface area contributed by atoms with Crippen LogP contribution in [0.25, 0.3) is 0 Å². The van der Waals surface area contributed by atoms with Gasteiger partial charge in [0, 0.05) is 52.6 Å². The van der Waals surface area contributed by atoms with Crippen molar-refractivity contribution in [3.05, 3.63) is 116 Å². The van der Waals surface area contributed by atoms with E-state index in [1.54, 1.807) is 0 Å². The summed E-state index contributed by atoms with van der Waals surface area (Å²) < 4.78 is 12.5. The molecule has 4 aromatic carbocycles. The number of aromatic hydroxyl groups is 2. The zero-order chi connectivity index (χ0) is 32.8. The van der Waals surface area contributed by atoms with Crippen molar-refractivity contribution < 1.29 is 29.3 Å². The van der Waals surface area contributed by atoms with Crippen LogP contribution in [0.5, 0.6) is 23.0 Å². The summed E-state index contributed by atoms with van der Waals surface area (Å²) in [6.45, 7) is 8.40. The van der Waals surface area contributed by atoms with Crippen molar-refractivity contribution in [2.45, 2.75) is 66.5 Å². The molecule has 8 nitrogen and oxygen atoms in total. The van der Waals surface area contributed by atoms with Crippen LogP contribution >= 0.6 is 0 Å². The average molecular weight is 623 g/mol. The molecule has 4 N–H and O–H groups in total. The molecule has 0 heterocycles. The summed E-state index contributed by atoms with van der Waals surface area (Å²) in [6.07, 6.45) is 1.59. The molecular weight excluding hydrogens is 580 g/mol. The fraction of sp³-hybridized carbons (Fsp3) is 0.316. The lowest BCUT2D eigenvalue weighted by molar-refractivity contribution is -0.120. The van der Waals surface area contributed by atoms with Gasteiger partial charge in [0.2, 0.25) is 11.8 Å². The number of nitrogens with one attached hydrogen (secondary N) is 2. The molecule has 4 aromatic rings. The van der Waals surface area contributed by atoms with Gasteiger partial charge in [-0.05, 0) is 93.7 Å². The van der Waals surface area contributed by atoms with Gasteiger partial charge in [-0.15, -0.1) is 0 Å². The Morgan fingerprint density at radius 1 is 0.587 bits per heavy atom. The maximum atomic E-state index is 11.8. The number of para-hydroxylation sites is 2. The van der Waals surface area contributed by atoms with Crippen LogP contribution in [0.2, 0.25) is 0 Å². The molecule has 46 heavy (non-hydrogen) atoms. The number of carbonyl (C=O) groups is 2. The van der Waals surface area contributed by atoms with Crippen molar-refractivity contribution in [2.75, 3.05) is 13.2 Å². The van der Waals surface area contributed by atoms with Crippen LogP contribution in [0.4, 0.5) is 0 Å². The summed E-state index contributed by atoms with van der Waals surface area (Å²) in [6, 6.07) is 19.6. The number of phenolic OH excluding ortho intramolecular Hbond substituents is 2. The molecule has 1 aliphatic carbocycles. The molecule has 0 aliphatic heterocycles. The van der Waals surface area contributed by atoms with Crippen molar-refractivity contribution >= 4 is 11.8 Å². The van der Waals surface area contributed by atoms with Crippen LogP contribution in [0.3, 0.4) is 0 Å². The highest BCUT2D eigenvalue weighted by atomic mass is 16.5. The summed E-state index contributed by atoms with van der Waals surface area (Å²) in [5.41, 5.74) is 8.25. The number of amides is 2. The van der Waals surface area contributed by atoms with E-state index in [1.807, 2.05) is 74.5 Å². The number of hydrogen-bond donors (Lipinski definition) is 4. The predicted octanol–water partition coefficient (Wildman–Crippen LogP) is 5.84. The molecule has 5 rings (SSSR count). The van der Waals surface area contributed by atoms with Gasteiger partial charge in [0.05, 0.1) is 13.2 Å². The van der Waals surface area contributed by atoms with Gasteiger partial charge in [-0.25, -0.2) is 0 Å². The minimum Gasteiger partial charge on any atom is -0.507 e. The van der Waals surface area contributed by atoms with E-state index in [1.165, 1.54) is 13.8 Å². The zero-order valence-corrected chi connectivity index (χ0v) is 27.0. The van der Waals surface area contributed by atoms with Gasteiger partial charge in [0.25, 0.3) is 0 Å². The first-order valence-electron chi connectivity index (χ1n) is 15.8. The molecular formula is C38H42N2O6. The lowest BCUT2D eigenvalue weighted by Crippen LogP contribution is -2.19. The van der Waals surface area contributed by atoms with E-state index in [0.29, 0.717) is 63.5 Å². The lowest BCUT2D eigenvalue weighted by atomic mass is 9.89. The number of hydrogen-bond acceptors (Lipinski definition) is 6. The van der Waals surface area contributed by atoms with Gasteiger partial charge < -0.3 is 30.3 Å². The van der Waals surface area contributed by atoms with Crippen LogP contribution in [0.15, 0.2) is 60.7 Å². The second-order valence-corrected chi connectivity index (χ2v) is 11.7. The smallest absolute Gasteiger partial charge is 0.217 e. The molecule has 0 aromatic heterocycles. The summed E-state index contributed by atoms with van der Waals surface area (Å²) in [5, 5.41) is 29.2. The zero-order valence-electron chi connectivity index (χ0n) is 27.0. The number of carbonyl (C=O) groups excluding carboxylic acids is 2. The van der Waals surface area contributed by atoms with Crippen LogP contribution in [-0.4, -0.2) is 35.2 Å². The minimum absolute atomic E-state index is 0.130. The molecule has 0 atom stereocenters. The first-order valence-corrected chi connectivity index (χ1v) is 15.8. The topological polar surface area (TPSA) is 117 Å². The summed E-state index contributed by atoms with van der Waals surface area (Å²) in [5.74, 6) is 1.56. The molecule has 0 fully saturated rings. The normalized spacial score (nSPS) is 12.3. The highest BCUT2D eigenvalue weighted by Gasteiger charge is 2.21. The number of benzene rings is 4. The largest absolute Gasteiger partial charge is 0.507 e. The van der Waals surface area contributed by atoms with E-state index in [4.69, 9.17) is 9.47 Å². The molecule has 240 valence electrons. The number of rotatable bonds is 8. The third-order valence-electron chi connectivity index (χ3n) is 8.20. The van der Waals surface area contributed by atoms with Gasteiger partial charge in [0.1, 0.15) is 23.0 Å². The highest BCUT2D eigenvalue weighted by Crippen LogP contribution is 2.39. The Kier molecular flexibility index (Phi) is 10.2. The van der Waals surface area contributed by atoms with Crippen LogP contribution in [0.1, 0.15) is 83.3 Å². The molecule has 0 saturated heterocycles. The molecule has 0 spiro atoms. The molecule has 1 aliphatic rings. The Labute approximate surface area is 270 Å². The number of phenols is 2. The van der Waals surface area contributed by atoms with E-state index in [0.717, 1.165) is 55.6 Å². The number of ether oxygens (including phenoxy) is 2. The Hall–Kier alpha value is -4.98. The lowest BCUT2D eigenvalue weighted by Gasteiger charge is -2.21. The van der Waals surface area contributed by atoms with Crippen molar-refractivity contribution in [1.29, 1.82) is 0 Å². The summed E-state index contributed by atoms with van der Waals surface area (Å²) >= 11 is 0. The Morgan fingerprint density at radius 3 is 1.15 bits per heavy atom. The molecule has 8 bridgehead atoms. The second-order valence-electron chi connectivity index (χ2n) is 11.7. The van der Waals surface area contributed by atoms with E-state index in [9.17, 15) is 19.8 Å².